The molecule has 0 saturated carbocycles. The summed E-state index contributed by atoms with van der Waals surface area (Å²) < 4.78 is 6.19. The summed E-state index contributed by atoms with van der Waals surface area (Å²) in [4.78, 5) is 19.2. The molecule has 2 aromatic rings. The van der Waals surface area contributed by atoms with Gasteiger partial charge in [0.1, 0.15) is 6.23 Å². The van der Waals surface area contributed by atoms with Gasteiger partial charge in [0.15, 0.2) is 0 Å². The van der Waals surface area contributed by atoms with E-state index < -0.39 is 0 Å². The van der Waals surface area contributed by atoms with Crippen LogP contribution in [0.3, 0.4) is 0 Å². The average Bonchev–Trinajstić information content (AvgIpc) is 3.04. The van der Waals surface area contributed by atoms with Crippen LogP contribution in [0.1, 0.15) is 22.5 Å². The number of carbonyl (C=O) groups excluding carboxylic acids is 1. The monoisotopic (exact) mass is 296 g/mol. The number of halogens is 1. The lowest BCUT2D eigenvalue weighted by atomic mass is 10.3. The van der Waals surface area contributed by atoms with Gasteiger partial charge < -0.3 is 9.64 Å². The number of nitrogens with zero attached hydrogens (tertiary/aromatic N) is 2. The topological polar surface area (TPSA) is 42.4 Å². The number of ether oxygens (including phenoxy) is 1. The number of fused-ring (bicyclic) bond motifs is 1. The summed E-state index contributed by atoms with van der Waals surface area (Å²) in [6, 6.07) is 3.54. The summed E-state index contributed by atoms with van der Waals surface area (Å²) in [6.07, 6.45) is 3.42. The van der Waals surface area contributed by atoms with Crippen LogP contribution >= 0.6 is 22.9 Å². The van der Waals surface area contributed by atoms with Gasteiger partial charge in [0.25, 0.3) is 5.91 Å². The number of likely N-dealkylation sites (tertiary alicyclic amines) is 1. The van der Waals surface area contributed by atoms with Gasteiger partial charge in [0, 0.05) is 19.9 Å². The molecule has 19 heavy (non-hydrogen) atoms. The second-order valence-corrected chi connectivity index (χ2v) is 5.91. The second-order valence-electron chi connectivity index (χ2n) is 4.45. The van der Waals surface area contributed by atoms with Gasteiger partial charge in [-0.2, -0.15) is 0 Å². The normalized spacial score (nSPS) is 19.3. The molecule has 0 bridgehead atoms. The van der Waals surface area contributed by atoms with E-state index in [0.29, 0.717) is 9.90 Å². The molecule has 6 heteroatoms. The minimum absolute atomic E-state index is 0.00316. The fraction of sp³-hybridized carbons (Fsp3) is 0.385. The number of thiophene rings is 1. The molecule has 1 saturated heterocycles. The van der Waals surface area contributed by atoms with Crippen molar-refractivity contribution in [3.63, 3.8) is 0 Å². The van der Waals surface area contributed by atoms with Gasteiger partial charge in [-0.15, -0.1) is 11.3 Å². The summed E-state index contributed by atoms with van der Waals surface area (Å²) in [6.45, 7) is 0.743. The zero-order valence-electron chi connectivity index (χ0n) is 10.4. The molecule has 0 aliphatic carbocycles. The SMILES string of the molecule is COC1CCCN1C(=O)c1cc2nccc(Cl)c2s1. The molecule has 4 nitrogen and oxygen atoms in total. The number of methoxy groups -OCH3 is 1. The van der Waals surface area contributed by atoms with Crippen LogP contribution in [-0.2, 0) is 4.74 Å². The first-order valence-electron chi connectivity index (χ1n) is 6.08. The van der Waals surface area contributed by atoms with E-state index in [9.17, 15) is 4.79 Å². The van der Waals surface area contributed by atoms with Crippen LogP contribution in [0.5, 0.6) is 0 Å². The Morgan fingerprint density at radius 3 is 3.21 bits per heavy atom. The number of rotatable bonds is 2. The molecule has 1 fully saturated rings. The lowest BCUT2D eigenvalue weighted by Crippen LogP contribution is -2.36. The largest absolute Gasteiger partial charge is 0.362 e. The third kappa shape index (κ3) is 2.22. The second kappa shape index (κ2) is 5.07. The fourth-order valence-corrected chi connectivity index (χ4v) is 3.61. The van der Waals surface area contributed by atoms with Gasteiger partial charge in [-0.3, -0.25) is 9.78 Å². The third-order valence-electron chi connectivity index (χ3n) is 3.31. The summed E-state index contributed by atoms with van der Waals surface area (Å²) >= 11 is 7.50. The quantitative estimate of drug-likeness (QED) is 0.855. The molecule has 1 atom stereocenters. The van der Waals surface area contributed by atoms with Crippen molar-refractivity contribution in [1.82, 2.24) is 9.88 Å². The van der Waals surface area contributed by atoms with E-state index in [2.05, 4.69) is 4.98 Å². The maximum Gasteiger partial charge on any atom is 0.266 e. The van der Waals surface area contributed by atoms with Crippen molar-refractivity contribution in [3.8, 4) is 0 Å². The van der Waals surface area contributed by atoms with Gasteiger partial charge in [-0.1, -0.05) is 11.6 Å². The van der Waals surface area contributed by atoms with Crippen LogP contribution in [-0.4, -0.2) is 35.7 Å². The highest BCUT2D eigenvalue weighted by Gasteiger charge is 2.30. The van der Waals surface area contributed by atoms with Crippen LogP contribution < -0.4 is 0 Å². The molecule has 100 valence electrons. The number of pyridine rings is 1. The van der Waals surface area contributed by atoms with E-state index in [0.717, 1.165) is 29.6 Å². The zero-order valence-corrected chi connectivity index (χ0v) is 12.0. The predicted octanol–water partition coefficient (Wildman–Crippen LogP) is 3.16. The van der Waals surface area contributed by atoms with E-state index in [1.165, 1.54) is 11.3 Å². The highest BCUT2D eigenvalue weighted by Crippen LogP contribution is 2.32. The molecular formula is C13H13ClN2O2S. The minimum atomic E-state index is -0.110. The Labute approximate surface area is 119 Å². The van der Waals surface area contributed by atoms with Gasteiger partial charge in [-0.25, -0.2) is 0 Å². The van der Waals surface area contributed by atoms with Gasteiger partial charge in [0.05, 0.1) is 20.1 Å². The Hall–Kier alpha value is -1.17. The van der Waals surface area contributed by atoms with Crippen LogP contribution in [0.2, 0.25) is 5.02 Å². The number of amides is 1. The first kappa shape index (κ1) is 12.8. The van der Waals surface area contributed by atoms with Gasteiger partial charge >= 0.3 is 0 Å². The summed E-state index contributed by atoms with van der Waals surface area (Å²) in [5, 5.41) is 0.638. The fourth-order valence-electron chi connectivity index (χ4n) is 2.37. The smallest absolute Gasteiger partial charge is 0.266 e. The van der Waals surface area contributed by atoms with Crippen LogP contribution in [0, 0.1) is 0 Å². The van der Waals surface area contributed by atoms with E-state index >= 15 is 0 Å². The molecule has 0 radical (unpaired) electrons. The van der Waals surface area contributed by atoms with E-state index in [-0.39, 0.29) is 12.1 Å². The summed E-state index contributed by atoms with van der Waals surface area (Å²) in [5.74, 6) is 0.00316. The zero-order chi connectivity index (χ0) is 13.4. The first-order chi connectivity index (χ1) is 9.20. The van der Waals surface area contributed by atoms with Crippen molar-refractivity contribution < 1.29 is 9.53 Å². The molecule has 3 heterocycles. The van der Waals surface area contributed by atoms with Crippen molar-refractivity contribution >= 4 is 39.1 Å². The third-order valence-corrected chi connectivity index (χ3v) is 4.88. The lowest BCUT2D eigenvalue weighted by molar-refractivity contribution is 0.00196. The molecule has 2 aromatic heterocycles. The Balaban J connectivity index is 1.95. The summed E-state index contributed by atoms with van der Waals surface area (Å²) in [5.41, 5.74) is 0.772. The van der Waals surface area contributed by atoms with Crippen LogP contribution in [0.4, 0.5) is 0 Å². The molecule has 0 N–H and O–H groups in total. The molecule has 1 aliphatic rings. The number of hydrogen-bond donors (Lipinski definition) is 0. The van der Waals surface area contributed by atoms with Crippen molar-refractivity contribution in [2.45, 2.75) is 19.1 Å². The number of hydrogen-bond acceptors (Lipinski definition) is 4. The molecule has 1 amide bonds. The van der Waals surface area contributed by atoms with Gasteiger partial charge in [-0.05, 0) is 25.0 Å². The van der Waals surface area contributed by atoms with Gasteiger partial charge in [0.2, 0.25) is 0 Å². The van der Waals surface area contributed by atoms with E-state index in [4.69, 9.17) is 16.3 Å². The molecule has 1 aliphatic heterocycles. The van der Waals surface area contributed by atoms with Crippen LogP contribution in [0.15, 0.2) is 18.3 Å². The van der Waals surface area contributed by atoms with Crippen molar-refractivity contribution in [2.75, 3.05) is 13.7 Å². The maximum atomic E-state index is 12.5. The number of carbonyl (C=O) groups is 1. The minimum Gasteiger partial charge on any atom is -0.362 e. The van der Waals surface area contributed by atoms with Crippen molar-refractivity contribution in [2.24, 2.45) is 0 Å². The Kier molecular flexibility index (Phi) is 3.43. The molecule has 1 unspecified atom stereocenters. The van der Waals surface area contributed by atoms with E-state index in [1.807, 2.05) is 0 Å². The molecular weight excluding hydrogens is 284 g/mol. The molecule has 3 rings (SSSR count). The van der Waals surface area contributed by atoms with Crippen LogP contribution in [0.25, 0.3) is 10.2 Å². The summed E-state index contributed by atoms with van der Waals surface area (Å²) in [7, 11) is 1.64. The van der Waals surface area contributed by atoms with Crippen molar-refractivity contribution in [1.29, 1.82) is 0 Å². The Morgan fingerprint density at radius 1 is 1.63 bits per heavy atom. The highest BCUT2D eigenvalue weighted by atomic mass is 35.5. The standard InChI is InChI=1S/C13H13ClN2O2S/c1-18-11-3-2-6-16(11)13(17)10-7-9-12(19-10)8(14)4-5-15-9/h4-5,7,11H,2-3,6H2,1H3. The Bertz CT molecular complexity index is 628. The lowest BCUT2D eigenvalue weighted by Gasteiger charge is -2.22. The van der Waals surface area contributed by atoms with Crippen molar-refractivity contribution in [3.05, 3.63) is 28.2 Å². The predicted molar refractivity (Wildman–Crippen MR) is 75.7 cm³/mol. The average molecular weight is 297 g/mol. The highest BCUT2D eigenvalue weighted by molar-refractivity contribution is 7.21. The Morgan fingerprint density at radius 2 is 2.47 bits per heavy atom. The first-order valence-corrected chi connectivity index (χ1v) is 7.28. The number of aromatic nitrogens is 1. The van der Waals surface area contributed by atoms with E-state index in [1.54, 1.807) is 30.3 Å². The molecule has 0 spiro atoms. The maximum absolute atomic E-state index is 12.5. The molecule has 0 aromatic carbocycles.